The Morgan fingerprint density at radius 1 is 0.444 bits per heavy atom. The Hall–Kier alpha value is -7.64. The number of hydrogen-bond donors (Lipinski definition) is 16. The van der Waals surface area contributed by atoms with E-state index < -0.39 is 181 Å². The average molecular weight is 1170 g/mol. The van der Waals surface area contributed by atoms with Crippen LogP contribution in [-0.2, 0) is 71.9 Å². The second-order valence-electron chi connectivity index (χ2n) is 19.7. The van der Waals surface area contributed by atoms with E-state index in [0.717, 1.165) is 6.92 Å². The molecule has 0 saturated carbocycles. The number of amides is 13. The molecule has 0 aromatic rings. The van der Waals surface area contributed by atoms with Crippen molar-refractivity contribution in [2.75, 3.05) is 18.6 Å². The lowest BCUT2D eigenvalue weighted by molar-refractivity contribution is -0.141. The van der Waals surface area contributed by atoms with Gasteiger partial charge in [-0.05, 0) is 88.2 Å². The second kappa shape index (κ2) is 38.9. The summed E-state index contributed by atoms with van der Waals surface area (Å²) in [4.78, 5) is 193. The molecule has 0 aromatic carbocycles. The highest BCUT2D eigenvalue weighted by Gasteiger charge is 2.37. The van der Waals surface area contributed by atoms with Crippen molar-refractivity contribution in [2.24, 2.45) is 40.5 Å². The number of hydrogen-bond acceptors (Lipinski definition) is 17. The van der Waals surface area contributed by atoms with Gasteiger partial charge in [0.05, 0.1) is 6.42 Å². The van der Waals surface area contributed by atoms with Gasteiger partial charge in [-0.1, -0.05) is 34.1 Å². The number of thioether (sulfide) groups is 1. The number of carboxylic acid groups (broad SMARTS) is 2. The Labute approximate surface area is 473 Å². The third kappa shape index (κ3) is 31.1. The van der Waals surface area contributed by atoms with Crippen LogP contribution in [0.3, 0.4) is 0 Å². The van der Waals surface area contributed by atoms with E-state index in [1.807, 2.05) is 0 Å². The standard InChI is InChI=1S/C49H84N14O17S/c1-7-25(4)40(49(80)60-32(19-21-81-6)45(76)62-34(23-39(70)71)48(79)56-27(41(54)72)11-15-35(51)65)63-46(77)28(10-8-9-20-50)57-43(74)31(14-18-38(68)69)59-47(78)33(22-24(2)3)61-44(75)30(13-17-37(53)67)58-42(73)29(55-26(5)64)12-16-36(52)66/h24-25,27-34,40H,7-23,50H2,1-6H3,(H2,51,65)(H2,52,66)(H2,53,67)(H2,54,72)(H,55,64)(H,56,79)(H,57,74)(H,58,73)(H,59,78)(H,60,80)(H,61,75)(H,62,76)(H,63,77)(H,68,69)(H,70,71)/t25-,27-,28-,29-,30-,31-,32-,33-,34-,40-/m0/s1. The molecule has 0 unspecified atom stereocenters. The molecular weight excluding hydrogens is 1090 g/mol. The van der Waals surface area contributed by atoms with Gasteiger partial charge in [0.1, 0.15) is 54.4 Å². The van der Waals surface area contributed by atoms with Crippen molar-refractivity contribution in [1.82, 2.24) is 47.9 Å². The van der Waals surface area contributed by atoms with E-state index in [1.54, 1.807) is 34.0 Å². The molecule has 13 amide bonds. The maximum Gasteiger partial charge on any atom is 0.305 e. The van der Waals surface area contributed by atoms with Gasteiger partial charge < -0.3 is 86.7 Å². The molecule has 21 N–H and O–H groups in total. The molecule has 0 radical (unpaired) electrons. The molecule has 10 atom stereocenters. The first-order chi connectivity index (χ1) is 37.9. The van der Waals surface area contributed by atoms with Crippen molar-refractivity contribution < 1.29 is 82.1 Å². The van der Waals surface area contributed by atoms with Gasteiger partial charge in [-0.15, -0.1) is 0 Å². The van der Waals surface area contributed by atoms with Crippen LogP contribution in [0.5, 0.6) is 0 Å². The van der Waals surface area contributed by atoms with Crippen molar-refractivity contribution in [2.45, 2.75) is 185 Å². The molecule has 31 nitrogen and oxygen atoms in total. The third-order valence-electron chi connectivity index (χ3n) is 12.3. The third-order valence-corrected chi connectivity index (χ3v) is 12.9. The van der Waals surface area contributed by atoms with Gasteiger partial charge in [0.15, 0.2) is 0 Å². The molecule has 0 aliphatic carbocycles. The molecule has 0 spiro atoms. The summed E-state index contributed by atoms with van der Waals surface area (Å²) in [6.45, 7) is 7.91. The molecule has 81 heavy (non-hydrogen) atoms. The van der Waals surface area contributed by atoms with Crippen LogP contribution in [0.25, 0.3) is 0 Å². The Bertz CT molecular complexity index is 2220. The monoisotopic (exact) mass is 1170 g/mol. The van der Waals surface area contributed by atoms with Gasteiger partial charge in [-0.3, -0.25) is 71.9 Å². The van der Waals surface area contributed by atoms with Crippen LogP contribution in [0.2, 0.25) is 0 Å². The van der Waals surface area contributed by atoms with E-state index in [9.17, 15) is 82.1 Å². The fraction of sp³-hybridized carbons (Fsp3) is 0.694. The van der Waals surface area contributed by atoms with Crippen LogP contribution in [0.4, 0.5) is 0 Å². The van der Waals surface area contributed by atoms with Crippen LogP contribution >= 0.6 is 11.8 Å². The average Bonchev–Trinajstić information content (AvgIpc) is 3.37. The molecule has 32 heteroatoms. The van der Waals surface area contributed by atoms with E-state index in [1.165, 1.54) is 11.8 Å². The SMILES string of the molecule is CC[C@H](C)[C@H](NC(=O)[C@H](CCCCN)NC(=O)[C@H](CCC(=O)O)NC(=O)[C@H](CC(C)C)NC(=O)[C@H](CCC(N)=O)NC(=O)[C@H](CCC(N)=O)NC(C)=O)C(=O)N[C@@H](CCSC)C(=O)N[C@@H](CC(=O)O)C(=O)N[C@@H](CCC(N)=O)C(N)=O. The van der Waals surface area contributed by atoms with Gasteiger partial charge in [-0.25, -0.2) is 0 Å². The fourth-order valence-electron chi connectivity index (χ4n) is 7.67. The lowest BCUT2D eigenvalue weighted by Gasteiger charge is -2.30. The molecule has 0 heterocycles. The lowest BCUT2D eigenvalue weighted by atomic mass is 9.96. The minimum atomic E-state index is -1.82. The van der Waals surface area contributed by atoms with Gasteiger partial charge >= 0.3 is 11.9 Å². The van der Waals surface area contributed by atoms with Crippen LogP contribution in [-0.4, -0.2) is 172 Å². The fourth-order valence-corrected chi connectivity index (χ4v) is 8.14. The topological polar surface area (TPSA) is 535 Å². The van der Waals surface area contributed by atoms with Crippen LogP contribution < -0.4 is 76.5 Å². The van der Waals surface area contributed by atoms with Crippen molar-refractivity contribution in [3.05, 3.63) is 0 Å². The predicted molar refractivity (Wildman–Crippen MR) is 291 cm³/mol. The minimum Gasteiger partial charge on any atom is -0.481 e. The normalized spacial score (nSPS) is 14.7. The van der Waals surface area contributed by atoms with Gasteiger partial charge in [-0.2, -0.15) is 11.8 Å². The molecule has 0 saturated heterocycles. The van der Waals surface area contributed by atoms with Crippen molar-refractivity contribution in [1.29, 1.82) is 0 Å². The highest BCUT2D eigenvalue weighted by molar-refractivity contribution is 7.98. The van der Waals surface area contributed by atoms with E-state index in [4.69, 9.17) is 28.7 Å². The maximum absolute atomic E-state index is 14.3. The summed E-state index contributed by atoms with van der Waals surface area (Å²) in [5, 5.41) is 41.1. The van der Waals surface area contributed by atoms with E-state index in [2.05, 4.69) is 47.9 Å². The summed E-state index contributed by atoms with van der Waals surface area (Å²) in [6, 6.07) is -13.7. The molecule has 458 valence electrons. The largest absolute Gasteiger partial charge is 0.481 e. The van der Waals surface area contributed by atoms with E-state index in [-0.39, 0.29) is 76.0 Å². The number of carbonyl (C=O) groups is 15. The summed E-state index contributed by atoms with van der Waals surface area (Å²) >= 11 is 1.27. The Morgan fingerprint density at radius 3 is 1.22 bits per heavy atom. The van der Waals surface area contributed by atoms with Gasteiger partial charge in [0, 0.05) is 32.6 Å². The smallest absolute Gasteiger partial charge is 0.305 e. The predicted octanol–water partition coefficient (Wildman–Crippen LogP) is -5.03. The minimum absolute atomic E-state index is 0.0841. The van der Waals surface area contributed by atoms with Crippen LogP contribution in [0.1, 0.15) is 131 Å². The number of primary amides is 4. The van der Waals surface area contributed by atoms with Crippen molar-refractivity contribution in [3.8, 4) is 0 Å². The summed E-state index contributed by atoms with van der Waals surface area (Å²) < 4.78 is 0. The quantitative estimate of drug-likeness (QED) is 0.0254. The van der Waals surface area contributed by atoms with Gasteiger partial charge in [0.2, 0.25) is 76.8 Å². The van der Waals surface area contributed by atoms with E-state index >= 15 is 0 Å². The molecule has 0 aromatic heterocycles. The maximum atomic E-state index is 14.3. The zero-order valence-electron chi connectivity index (χ0n) is 46.7. The van der Waals surface area contributed by atoms with Gasteiger partial charge in [0.25, 0.3) is 0 Å². The molecule has 0 aliphatic heterocycles. The first-order valence-electron chi connectivity index (χ1n) is 26.3. The number of carbonyl (C=O) groups excluding carboxylic acids is 13. The van der Waals surface area contributed by atoms with Crippen LogP contribution in [0.15, 0.2) is 0 Å². The van der Waals surface area contributed by atoms with Crippen molar-refractivity contribution in [3.63, 3.8) is 0 Å². The summed E-state index contributed by atoms with van der Waals surface area (Å²) in [6.07, 6.45) is -2.15. The molecular formula is C49H84N14O17S. The number of unbranched alkanes of at least 4 members (excludes halogenated alkanes) is 1. The number of rotatable bonds is 43. The summed E-state index contributed by atoms with van der Waals surface area (Å²) in [7, 11) is 0. The first kappa shape index (κ1) is 73.4. The first-order valence-corrected chi connectivity index (χ1v) is 27.7. The van der Waals surface area contributed by atoms with Crippen molar-refractivity contribution >= 4 is 100 Å². The Morgan fingerprint density at radius 2 is 0.815 bits per heavy atom. The molecule has 0 aliphatic rings. The number of nitrogens with one attached hydrogen (secondary N) is 9. The zero-order valence-corrected chi connectivity index (χ0v) is 47.5. The van der Waals surface area contributed by atoms with Crippen LogP contribution in [0, 0.1) is 11.8 Å². The highest BCUT2D eigenvalue weighted by Crippen LogP contribution is 2.14. The summed E-state index contributed by atoms with van der Waals surface area (Å²) in [5.74, 6) is -16.0. The highest BCUT2D eigenvalue weighted by atomic mass is 32.2. The zero-order chi connectivity index (χ0) is 62.1. The Balaban J connectivity index is 6.95. The molecule has 0 bridgehead atoms. The number of carboxylic acids is 2. The lowest BCUT2D eigenvalue weighted by Crippen LogP contribution is -2.61. The number of nitrogens with two attached hydrogens (primary N) is 5. The second-order valence-corrected chi connectivity index (χ2v) is 20.7. The molecule has 0 rings (SSSR count). The van der Waals surface area contributed by atoms with E-state index in [0.29, 0.717) is 6.42 Å². The summed E-state index contributed by atoms with van der Waals surface area (Å²) in [5.41, 5.74) is 26.8. The number of aliphatic carboxylic acids is 2. The Kier molecular flexibility index (Phi) is 35.2. The molecule has 0 fully saturated rings.